The Bertz CT molecular complexity index is 574. The summed E-state index contributed by atoms with van der Waals surface area (Å²) in [5.41, 5.74) is 6.88. The lowest BCUT2D eigenvalue weighted by atomic mass is 10.2. The van der Waals surface area contributed by atoms with Crippen LogP contribution < -0.4 is 5.73 Å². The predicted molar refractivity (Wildman–Crippen MR) is 73.2 cm³/mol. The molecule has 1 aliphatic heterocycles. The van der Waals surface area contributed by atoms with Gasteiger partial charge >= 0.3 is 0 Å². The number of rotatable bonds is 2. The first-order chi connectivity index (χ1) is 8.69. The number of nitrogens with two attached hydrogens (primary N) is 1. The lowest BCUT2D eigenvalue weighted by Crippen LogP contribution is -2.21. The molecular formula is C10H12IN5O2. The van der Waals surface area contributed by atoms with Crippen molar-refractivity contribution in [1.82, 2.24) is 19.5 Å². The van der Waals surface area contributed by atoms with Gasteiger partial charge in [-0.15, -0.1) is 0 Å². The molecule has 0 amide bonds. The summed E-state index contributed by atoms with van der Waals surface area (Å²) in [5, 5.41) is 9.86. The van der Waals surface area contributed by atoms with Crippen molar-refractivity contribution in [3.05, 3.63) is 12.5 Å². The van der Waals surface area contributed by atoms with Crippen LogP contribution in [0.4, 0.5) is 5.95 Å². The number of nitrogens with zero attached hydrogens (tertiary/aromatic N) is 4. The minimum atomic E-state index is -0.455. The van der Waals surface area contributed by atoms with Gasteiger partial charge in [-0.25, -0.2) is 9.97 Å². The first-order valence-corrected chi connectivity index (χ1v) is 7.06. The topological polar surface area (TPSA) is 99.1 Å². The number of anilines is 1. The fraction of sp³-hybridized carbons (Fsp3) is 0.500. The molecule has 96 valence electrons. The first-order valence-electron chi connectivity index (χ1n) is 5.53. The van der Waals surface area contributed by atoms with Gasteiger partial charge < -0.3 is 15.6 Å². The summed E-state index contributed by atoms with van der Waals surface area (Å²) < 4.78 is 8.32. The normalized spacial score (nSPS) is 28.0. The molecule has 0 saturated carbocycles. The van der Waals surface area contributed by atoms with Gasteiger partial charge in [0.2, 0.25) is 5.95 Å². The number of aromatic nitrogens is 4. The van der Waals surface area contributed by atoms with Crippen molar-refractivity contribution in [2.24, 2.45) is 0 Å². The Hall–Kier alpha value is -1.00. The summed E-state index contributed by atoms with van der Waals surface area (Å²) in [6.07, 6.45) is 2.90. The van der Waals surface area contributed by atoms with Crippen LogP contribution in [0.3, 0.4) is 0 Å². The van der Waals surface area contributed by atoms with Crippen LogP contribution in [0.15, 0.2) is 12.5 Å². The molecule has 0 aromatic carbocycles. The zero-order chi connectivity index (χ0) is 12.7. The fourth-order valence-electron chi connectivity index (χ4n) is 2.08. The monoisotopic (exact) mass is 361 g/mol. The Morgan fingerprint density at radius 1 is 1.56 bits per heavy atom. The first kappa shape index (κ1) is 12.1. The van der Waals surface area contributed by atoms with E-state index in [1.165, 1.54) is 0 Å². The van der Waals surface area contributed by atoms with Gasteiger partial charge in [0.15, 0.2) is 5.65 Å². The average Bonchev–Trinajstić information content (AvgIpc) is 2.91. The maximum atomic E-state index is 9.86. The maximum absolute atomic E-state index is 9.86. The standard InChI is InChI=1S/C10H12IN5O2/c11-2-7-6(17)1-8(18-7)16-4-14-5-3-13-10(12)15-9(5)16/h3-4,6-8,17H,1-2H2,(H2,12,13,15)/t6-,7+,8-/m0/s1. The molecule has 1 aliphatic rings. The molecule has 1 fully saturated rings. The Kier molecular flexibility index (Phi) is 3.08. The number of nitrogen functional groups attached to an aromatic ring is 1. The molecule has 3 rings (SSSR count). The third-order valence-corrected chi connectivity index (χ3v) is 3.87. The molecular weight excluding hydrogens is 349 g/mol. The van der Waals surface area contributed by atoms with Gasteiger partial charge in [-0.05, 0) is 0 Å². The van der Waals surface area contributed by atoms with E-state index in [4.69, 9.17) is 10.5 Å². The van der Waals surface area contributed by atoms with Gasteiger partial charge in [0, 0.05) is 10.8 Å². The summed E-state index contributed by atoms with van der Waals surface area (Å²) >= 11 is 2.20. The minimum absolute atomic E-state index is 0.146. The summed E-state index contributed by atoms with van der Waals surface area (Å²) in [4.78, 5) is 12.3. The van der Waals surface area contributed by atoms with E-state index in [-0.39, 0.29) is 18.3 Å². The number of imidazole rings is 1. The van der Waals surface area contributed by atoms with Crippen molar-refractivity contribution in [2.45, 2.75) is 24.9 Å². The zero-order valence-electron chi connectivity index (χ0n) is 9.40. The Morgan fingerprint density at radius 3 is 3.11 bits per heavy atom. The zero-order valence-corrected chi connectivity index (χ0v) is 11.6. The summed E-state index contributed by atoms with van der Waals surface area (Å²) in [5.74, 6) is 0.202. The van der Waals surface area contributed by atoms with E-state index in [9.17, 15) is 5.11 Å². The van der Waals surface area contributed by atoms with Crippen LogP contribution in [0.2, 0.25) is 0 Å². The third-order valence-electron chi connectivity index (χ3n) is 3.00. The van der Waals surface area contributed by atoms with Crippen molar-refractivity contribution in [3.8, 4) is 0 Å². The van der Waals surface area contributed by atoms with E-state index in [0.717, 1.165) is 4.43 Å². The van der Waals surface area contributed by atoms with Crippen molar-refractivity contribution < 1.29 is 9.84 Å². The molecule has 18 heavy (non-hydrogen) atoms. The highest BCUT2D eigenvalue weighted by Gasteiger charge is 2.34. The second-order valence-corrected chi connectivity index (χ2v) is 5.06. The van der Waals surface area contributed by atoms with Crippen LogP contribution in [-0.2, 0) is 4.74 Å². The molecule has 3 heterocycles. The molecule has 2 aromatic heterocycles. The lowest BCUT2D eigenvalue weighted by molar-refractivity contribution is -0.00220. The number of hydrogen-bond acceptors (Lipinski definition) is 6. The van der Waals surface area contributed by atoms with Crippen molar-refractivity contribution in [1.29, 1.82) is 0 Å². The van der Waals surface area contributed by atoms with Crippen LogP contribution in [0.1, 0.15) is 12.6 Å². The second kappa shape index (κ2) is 4.59. The molecule has 3 N–H and O–H groups in total. The Balaban J connectivity index is 1.98. The minimum Gasteiger partial charge on any atom is -0.390 e. The number of aliphatic hydroxyl groups excluding tert-OH is 1. The molecule has 0 radical (unpaired) electrons. The van der Waals surface area contributed by atoms with Gasteiger partial charge in [-0.1, -0.05) is 22.6 Å². The Morgan fingerprint density at radius 2 is 2.39 bits per heavy atom. The van der Waals surface area contributed by atoms with Gasteiger partial charge in [-0.2, -0.15) is 4.98 Å². The number of alkyl halides is 1. The number of fused-ring (bicyclic) bond motifs is 1. The molecule has 0 aliphatic carbocycles. The van der Waals surface area contributed by atoms with Gasteiger partial charge in [-0.3, -0.25) is 4.57 Å². The van der Waals surface area contributed by atoms with E-state index in [1.54, 1.807) is 17.1 Å². The highest BCUT2D eigenvalue weighted by Crippen LogP contribution is 2.31. The van der Waals surface area contributed by atoms with Crippen LogP contribution >= 0.6 is 22.6 Å². The van der Waals surface area contributed by atoms with Gasteiger partial charge in [0.05, 0.1) is 24.7 Å². The van der Waals surface area contributed by atoms with Gasteiger partial charge in [0.25, 0.3) is 0 Å². The molecule has 7 nitrogen and oxygen atoms in total. The Labute approximate surface area is 117 Å². The maximum Gasteiger partial charge on any atom is 0.222 e. The summed E-state index contributed by atoms with van der Waals surface area (Å²) in [6, 6.07) is 0. The largest absolute Gasteiger partial charge is 0.390 e. The predicted octanol–water partition coefficient (Wildman–Crippen LogP) is 0.492. The lowest BCUT2D eigenvalue weighted by Gasteiger charge is -2.13. The SMILES string of the molecule is Nc1ncc2ncn([C@@H]3C[C@H](O)[C@@H](CI)O3)c2n1. The van der Waals surface area contributed by atoms with Crippen molar-refractivity contribution >= 4 is 39.7 Å². The number of aliphatic hydroxyl groups is 1. The van der Waals surface area contributed by atoms with Crippen LogP contribution in [0, 0.1) is 0 Å². The van der Waals surface area contributed by atoms with E-state index in [2.05, 4.69) is 37.5 Å². The quantitative estimate of drug-likeness (QED) is 0.597. The molecule has 1 saturated heterocycles. The molecule has 8 heteroatoms. The number of halogens is 1. The fourth-order valence-corrected chi connectivity index (χ4v) is 2.87. The average molecular weight is 361 g/mol. The van der Waals surface area contributed by atoms with Crippen LogP contribution in [0.5, 0.6) is 0 Å². The van der Waals surface area contributed by atoms with Crippen molar-refractivity contribution in [3.63, 3.8) is 0 Å². The number of ether oxygens (including phenoxy) is 1. The molecule has 2 aromatic rings. The number of hydrogen-bond donors (Lipinski definition) is 2. The summed E-state index contributed by atoms with van der Waals surface area (Å²) in [6.45, 7) is 0. The molecule has 0 unspecified atom stereocenters. The molecule has 0 bridgehead atoms. The summed E-state index contributed by atoms with van der Waals surface area (Å²) in [7, 11) is 0. The molecule has 0 spiro atoms. The second-order valence-electron chi connectivity index (χ2n) is 4.18. The smallest absolute Gasteiger partial charge is 0.222 e. The highest BCUT2D eigenvalue weighted by molar-refractivity contribution is 14.1. The third kappa shape index (κ3) is 1.93. The van der Waals surface area contributed by atoms with Crippen LogP contribution in [0.25, 0.3) is 11.2 Å². The van der Waals surface area contributed by atoms with E-state index in [1.807, 2.05) is 0 Å². The van der Waals surface area contributed by atoms with Gasteiger partial charge in [0.1, 0.15) is 11.7 Å². The van der Waals surface area contributed by atoms with E-state index < -0.39 is 6.10 Å². The van der Waals surface area contributed by atoms with E-state index >= 15 is 0 Å². The van der Waals surface area contributed by atoms with E-state index in [0.29, 0.717) is 17.6 Å². The molecule has 3 atom stereocenters. The highest BCUT2D eigenvalue weighted by atomic mass is 127. The van der Waals surface area contributed by atoms with Crippen LogP contribution in [-0.4, -0.2) is 41.3 Å². The van der Waals surface area contributed by atoms with Crippen molar-refractivity contribution in [2.75, 3.05) is 10.2 Å².